The molecule has 1 rings (SSSR count). The van der Waals surface area contributed by atoms with Crippen LogP contribution in [0.1, 0.15) is 45.4 Å². The summed E-state index contributed by atoms with van der Waals surface area (Å²) in [6.07, 6.45) is 6.24. The van der Waals surface area contributed by atoms with Gasteiger partial charge in [0.25, 0.3) is 0 Å². The summed E-state index contributed by atoms with van der Waals surface area (Å²) in [6, 6.07) is 0.406. The molecule has 2 atom stereocenters. The van der Waals surface area contributed by atoms with Gasteiger partial charge in [-0.3, -0.25) is 4.79 Å². The molecular formula is C12H24N2OS. The van der Waals surface area contributed by atoms with E-state index in [0.29, 0.717) is 19.0 Å². The number of carbonyl (C=O) groups is 1. The maximum atomic E-state index is 11.6. The molecule has 1 amide bonds. The monoisotopic (exact) mass is 244 g/mol. The van der Waals surface area contributed by atoms with Crippen LogP contribution in [0.2, 0.25) is 0 Å². The lowest BCUT2D eigenvalue weighted by Gasteiger charge is -2.29. The second kappa shape index (κ2) is 7.96. The summed E-state index contributed by atoms with van der Waals surface area (Å²) in [5.41, 5.74) is 5.39. The van der Waals surface area contributed by atoms with Crippen molar-refractivity contribution < 1.29 is 4.79 Å². The van der Waals surface area contributed by atoms with Gasteiger partial charge in [0.2, 0.25) is 5.91 Å². The Hall–Kier alpha value is -0.220. The molecular weight excluding hydrogens is 220 g/mol. The van der Waals surface area contributed by atoms with Crippen molar-refractivity contribution in [2.24, 2.45) is 5.73 Å². The highest BCUT2D eigenvalue weighted by Crippen LogP contribution is 2.28. The predicted octanol–water partition coefficient (Wildman–Crippen LogP) is 1.91. The number of nitrogens with two attached hydrogens (primary N) is 1. The molecule has 1 aliphatic rings. The van der Waals surface area contributed by atoms with Crippen LogP contribution in [-0.4, -0.2) is 29.5 Å². The Morgan fingerprint density at radius 3 is 3.00 bits per heavy atom. The Bertz CT molecular complexity index is 209. The lowest BCUT2D eigenvalue weighted by atomic mass is 9.95. The molecule has 3 N–H and O–H groups in total. The number of hydrogen-bond acceptors (Lipinski definition) is 3. The fourth-order valence-corrected chi connectivity index (χ4v) is 3.40. The van der Waals surface area contributed by atoms with Crippen molar-refractivity contribution in [1.29, 1.82) is 0 Å². The summed E-state index contributed by atoms with van der Waals surface area (Å²) < 4.78 is 0. The quantitative estimate of drug-likeness (QED) is 0.750. The van der Waals surface area contributed by atoms with Gasteiger partial charge in [-0.25, -0.2) is 0 Å². The van der Waals surface area contributed by atoms with E-state index in [2.05, 4.69) is 12.2 Å². The fraction of sp³-hybridized carbons (Fsp3) is 0.917. The first-order valence-electron chi connectivity index (χ1n) is 6.37. The molecule has 0 aromatic carbocycles. The van der Waals surface area contributed by atoms with Crippen LogP contribution in [0.3, 0.4) is 0 Å². The molecule has 2 unspecified atom stereocenters. The largest absolute Gasteiger partial charge is 0.353 e. The van der Waals surface area contributed by atoms with Crippen LogP contribution in [0.4, 0.5) is 0 Å². The Labute approximate surface area is 103 Å². The zero-order valence-electron chi connectivity index (χ0n) is 10.2. The lowest BCUT2D eigenvalue weighted by molar-refractivity contribution is -0.122. The van der Waals surface area contributed by atoms with Gasteiger partial charge < -0.3 is 11.1 Å². The van der Waals surface area contributed by atoms with Gasteiger partial charge in [0.15, 0.2) is 0 Å². The fourth-order valence-electron chi connectivity index (χ4n) is 2.23. The molecule has 0 heterocycles. The summed E-state index contributed by atoms with van der Waals surface area (Å²) in [5, 5.41) is 3.88. The van der Waals surface area contributed by atoms with Gasteiger partial charge in [0.05, 0.1) is 0 Å². The molecule has 0 aliphatic heterocycles. The van der Waals surface area contributed by atoms with Gasteiger partial charge in [0.1, 0.15) is 0 Å². The van der Waals surface area contributed by atoms with E-state index >= 15 is 0 Å². The van der Waals surface area contributed by atoms with E-state index in [9.17, 15) is 4.79 Å². The van der Waals surface area contributed by atoms with Crippen LogP contribution in [0.5, 0.6) is 0 Å². The Balaban J connectivity index is 2.22. The number of thioether (sulfide) groups is 1. The minimum absolute atomic E-state index is 0.178. The van der Waals surface area contributed by atoms with Crippen LogP contribution in [0.25, 0.3) is 0 Å². The highest BCUT2D eigenvalue weighted by Gasteiger charge is 2.22. The van der Waals surface area contributed by atoms with E-state index in [4.69, 9.17) is 5.73 Å². The number of rotatable bonds is 6. The highest BCUT2D eigenvalue weighted by atomic mass is 32.2. The number of hydrogen-bond donors (Lipinski definition) is 2. The van der Waals surface area contributed by atoms with Gasteiger partial charge in [-0.1, -0.05) is 13.3 Å². The molecule has 1 saturated carbocycles. The van der Waals surface area contributed by atoms with Crippen LogP contribution in [0.15, 0.2) is 0 Å². The van der Waals surface area contributed by atoms with Crippen molar-refractivity contribution in [3.05, 3.63) is 0 Å². The second-order valence-electron chi connectivity index (χ2n) is 4.40. The van der Waals surface area contributed by atoms with Crippen molar-refractivity contribution in [2.45, 2.75) is 56.7 Å². The molecule has 0 spiro atoms. The molecule has 1 fully saturated rings. The molecule has 94 valence electrons. The molecule has 4 heteroatoms. The summed E-state index contributed by atoms with van der Waals surface area (Å²) in [5.74, 6) is 1.36. The molecule has 0 aromatic rings. The van der Waals surface area contributed by atoms with E-state index in [0.717, 1.165) is 24.5 Å². The smallest absolute Gasteiger partial charge is 0.220 e. The van der Waals surface area contributed by atoms with E-state index in [1.54, 1.807) is 0 Å². The van der Waals surface area contributed by atoms with Gasteiger partial charge in [0, 0.05) is 17.7 Å². The first kappa shape index (κ1) is 13.8. The standard InChI is InChI=1S/C12H24N2OS/c1-2-16-11-6-3-5-10(9-11)14-12(15)7-4-8-13/h10-11H,2-9,13H2,1H3,(H,14,15). The van der Waals surface area contributed by atoms with Crippen molar-refractivity contribution in [2.75, 3.05) is 12.3 Å². The van der Waals surface area contributed by atoms with Crippen molar-refractivity contribution in [1.82, 2.24) is 5.32 Å². The lowest BCUT2D eigenvalue weighted by Crippen LogP contribution is -2.39. The van der Waals surface area contributed by atoms with Crippen LogP contribution in [-0.2, 0) is 4.79 Å². The van der Waals surface area contributed by atoms with Crippen LogP contribution in [0, 0.1) is 0 Å². The average molecular weight is 244 g/mol. The first-order chi connectivity index (χ1) is 7.76. The Morgan fingerprint density at radius 2 is 2.31 bits per heavy atom. The Morgan fingerprint density at radius 1 is 1.50 bits per heavy atom. The maximum Gasteiger partial charge on any atom is 0.220 e. The van der Waals surface area contributed by atoms with E-state index < -0.39 is 0 Å². The summed E-state index contributed by atoms with van der Waals surface area (Å²) in [4.78, 5) is 11.6. The Kier molecular flexibility index (Phi) is 6.88. The molecule has 3 nitrogen and oxygen atoms in total. The third-order valence-electron chi connectivity index (χ3n) is 3.00. The molecule has 0 aromatic heterocycles. The van der Waals surface area contributed by atoms with Gasteiger partial charge in [-0.15, -0.1) is 0 Å². The summed E-state index contributed by atoms with van der Waals surface area (Å²) in [6.45, 7) is 2.81. The van der Waals surface area contributed by atoms with Gasteiger partial charge >= 0.3 is 0 Å². The molecule has 0 bridgehead atoms. The minimum Gasteiger partial charge on any atom is -0.353 e. The maximum absolute atomic E-state index is 11.6. The van der Waals surface area contributed by atoms with E-state index in [1.165, 1.54) is 18.6 Å². The van der Waals surface area contributed by atoms with E-state index in [-0.39, 0.29) is 5.91 Å². The summed E-state index contributed by atoms with van der Waals surface area (Å²) >= 11 is 2.03. The van der Waals surface area contributed by atoms with Crippen molar-refractivity contribution >= 4 is 17.7 Å². The number of amides is 1. The molecule has 0 radical (unpaired) electrons. The minimum atomic E-state index is 0.178. The third-order valence-corrected chi connectivity index (χ3v) is 4.23. The zero-order chi connectivity index (χ0) is 11.8. The van der Waals surface area contributed by atoms with Gasteiger partial charge in [-0.2, -0.15) is 11.8 Å². The predicted molar refractivity (Wildman–Crippen MR) is 70.6 cm³/mol. The molecule has 1 aliphatic carbocycles. The van der Waals surface area contributed by atoms with Gasteiger partial charge in [-0.05, 0) is 38.0 Å². The molecule has 16 heavy (non-hydrogen) atoms. The molecule has 0 saturated heterocycles. The van der Waals surface area contributed by atoms with Crippen molar-refractivity contribution in [3.8, 4) is 0 Å². The third kappa shape index (κ3) is 5.21. The highest BCUT2D eigenvalue weighted by molar-refractivity contribution is 7.99. The van der Waals surface area contributed by atoms with Crippen LogP contribution >= 0.6 is 11.8 Å². The van der Waals surface area contributed by atoms with Crippen LogP contribution < -0.4 is 11.1 Å². The number of carbonyl (C=O) groups excluding carboxylic acids is 1. The number of nitrogens with one attached hydrogen (secondary N) is 1. The summed E-state index contributed by atoms with van der Waals surface area (Å²) in [7, 11) is 0. The second-order valence-corrected chi connectivity index (χ2v) is 5.98. The van der Waals surface area contributed by atoms with Crippen molar-refractivity contribution in [3.63, 3.8) is 0 Å². The SMILES string of the molecule is CCSC1CCCC(NC(=O)CCCN)C1. The average Bonchev–Trinajstić information content (AvgIpc) is 2.27. The van der Waals surface area contributed by atoms with E-state index in [1.807, 2.05) is 11.8 Å². The normalized spacial score (nSPS) is 25.4. The first-order valence-corrected chi connectivity index (χ1v) is 7.42. The zero-order valence-corrected chi connectivity index (χ0v) is 11.0. The topological polar surface area (TPSA) is 55.1 Å².